The first kappa shape index (κ1) is 21.3. The lowest BCUT2D eigenvalue weighted by Crippen LogP contribution is -2.22. The molecule has 0 aliphatic rings. The standard InChI is InChI=1S/C20H21N3O4S/c1-11-18(12(2)24)6-14(10-21)20(22-11)28-13(3)19(25)23-15-7-16(26-4)9-17(8-15)27-5/h6-9,13H,1-5H3,(H,23,25). The Bertz CT molecular complexity index is 931. The molecule has 0 radical (unpaired) electrons. The number of carbonyl (C=O) groups excluding carboxylic acids is 2. The molecular weight excluding hydrogens is 378 g/mol. The summed E-state index contributed by atoms with van der Waals surface area (Å²) in [4.78, 5) is 28.6. The molecule has 0 spiro atoms. The molecule has 2 rings (SSSR count). The van der Waals surface area contributed by atoms with Crippen molar-refractivity contribution in [3.8, 4) is 17.6 Å². The minimum Gasteiger partial charge on any atom is -0.497 e. The van der Waals surface area contributed by atoms with Gasteiger partial charge in [0.1, 0.15) is 22.6 Å². The van der Waals surface area contributed by atoms with Crippen LogP contribution in [0.5, 0.6) is 11.5 Å². The van der Waals surface area contributed by atoms with Gasteiger partial charge >= 0.3 is 0 Å². The molecule has 0 aliphatic heterocycles. The zero-order valence-electron chi connectivity index (χ0n) is 16.3. The number of thioether (sulfide) groups is 1. The summed E-state index contributed by atoms with van der Waals surface area (Å²) in [5.74, 6) is 0.688. The number of hydrogen-bond acceptors (Lipinski definition) is 7. The van der Waals surface area contributed by atoms with Gasteiger partial charge in [0, 0.05) is 35.1 Å². The highest BCUT2D eigenvalue weighted by molar-refractivity contribution is 8.00. The van der Waals surface area contributed by atoms with Gasteiger partial charge in [0.15, 0.2) is 5.78 Å². The molecule has 2 aromatic rings. The van der Waals surface area contributed by atoms with Crippen molar-refractivity contribution in [2.75, 3.05) is 19.5 Å². The van der Waals surface area contributed by atoms with Crippen LogP contribution in [-0.4, -0.2) is 36.1 Å². The number of pyridine rings is 1. The summed E-state index contributed by atoms with van der Waals surface area (Å²) in [7, 11) is 3.06. The number of aryl methyl sites for hydroxylation is 1. The van der Waals surface area contributed by atoms with E-state index in [1.54, 1.807) is 32.0 Å². The van der Waals surface area contributed by atoms with Crippen LogP contribution in [0.2, 0.25) is 0 Å². The Hall–Kier alpha value is -3.05. The number of nitriles is 1. The molecular formula is C20H21N3O4S. The number of ether oxygens (including phenoxy) is 2. The van der Waals surface area contributed by atoms with E-state index in [0.29, 0.717) is 33.5 Å². The summed E-state index contributed by atoms with van der Waals surface area (Å²) in [6, 6.07) is 8.63. The number of anilines is 1. The third kappa shape index (κ3) is 5.02. The number of methoxy groups -OCH3 is 2. The third-order valence-corrected chi connectivity index (χ3v) is 5.06. The van der Waals surface area contributed by atoms with Crippen LogP contribution < -0.4 is 14.8 Å². The van der Waals surface area contributed by atoms with Crippen LogP contribution >= 0.6 is 11.8 Å². The second kappa shape index (κ2) is 9.24. The lowest BCUT2D eigenvalue weighted by atomic mass is 10.1. The molecule has 1 aromatic heterocycles. The van der Waals surface area contributed by atoms with Crippen molar-refractivity contribution in [2.45, 2.75) is 31.0 Å². The molecule has 8 heteroatoms. The van der Waals surface area contributed by atoms with Crippen molar-refractivity contribution < 1.29 is 19.1 Å². The van der Waals surface area contributed by atoms with Crippen molar-refractivity contribution in [1.82, 2.24) is 4.98 Å². The fourth-order valence-corrected chi connectivity index (χ4v) is 3.38. The summed E-state index contributed by atoms with van der Waals surface area (Å²) in [5, 5.41) is 12.1. The number of aromatic nitrogens is 1. The molecule has 28 heavy (non-hydrogen) atoms. The maximum absolute atomic E-state index is 12.6. The van der Waals surface area contributed by atoms with Gasteiger partial charge in [-0.2, -0.15) is 5.26 Å². The summed E-state index contributed by atoms with van der Waals surface area (Å²) in [6.45, 7) is 4.85. The SMILES string of the molecule is COc1cc(NC(=O)C(C)Sc2nc(C)c(C(C)=O)cc2C#N)cc(OC)c1. The molecule has 0 bridgehead atoms. The molecule has 1 amide bonds. The molecule has 1 aromatic carbocycles. The quantitative estimate of drug-likeness (QED) is 0.561. The van der Waals surface area contributed by atoms with Crippen molar-refractivity contribution >= 4 is 29.1 Å². The summed E-state index contributed by atoms with van der Waals surface area (Å²) >= 11 is 1.16. The Morgan fingerprint density at radius 3 is 2.29 bits per heavy atom. The number of carbonyl (C=O) groups is 2. The van der Waals surface area contributed by atoms with E-state index in [9.17, 15) is 14.9 Å². The van der Waals surface area contributed by atoms with Gasteiger partial charge in [0.2, 0.25) is 5.91 Å². The van der Waals surface area contributed by atoms with E-state index >= 15 is 0 Å². The normalized spacial score (nSPS) is 11.3. The monoisotopic (exact) mass is 399 g/mol. The minimum atomic E-state index is -0.528. The summed E-state index contributed by atoms with van der Waals surface area (Å²) in [6.07, 6.45) is 0. The smallest absolute Gasteiger partial charge is 0.237 e. The van der Waals surface area contributed by atoms with Crippen LogP contribution in [0, 0.1) is 18.3 Å². The maximum atomic E-state index is 12.6. The molecule has 1 N–H and O–H groups in total. The van der Waals surface area contributed by atoms with E-state index in [0.717, 1.165) is 11.8 Å². The number of rotatable bonds is 7. The fraction of sp³-hybridized carbons (Fsp3) is 0.300. The highest BCUT2D eigenvalue weighted by atomic mass is 32.2. The molecule has 0 saturated heterocycles. The Morgan fingerprint density at radius 1 is 1.18 bits per heavy atom. The Kier molecular flexibility index (Phi) is 7.01. The molecule has 7 nitrogen and oxygen atoms in total. The van der Waals surface area contributed by atoms with Gasteiger partial charge in [-0.05, 0) is 26.8 Å². The summed E-state index contributed by atoms with van der Waals surface area (Å²) < 4.78 is 10.4. The number of nitrogens with zero attached hydrogens (tertiary/aromatic N) is 2. The van der Waals surface area contributed by atoms with Gasteiger partial charge in [-0.15, -0.1) is 0 Å². The average Bonchev–Trinajstić information content (AvgIpc) is 2.67. The molecule has 0 aliphatic carbocycles. The van der Waals surface area contributed by atoms with Crippen LogP contribution in [0.3, 0.4) is 0 Å². The first-order valence-electron chi connectivity index (χ1n) is 8.42. The lowest BCUT2D eigenvalue weighted by molar-refractivity contribution is -0.115. The van der Waals surface area contributed by atoms with E-state index in [4.69, 9.17) is 9.47 Å². The minimum absolute atomic E-state index is 0.157. The maximum Gasteiger partial charge on any atom is 0.237 e. The van der Waals surface area contributed by atoms with Gasteiger partial charge in [-0.3, -0.25) is 9.59 Å². The van der Waals surface area contributed by atoms with Gasteiger partial charge in [-0.1, -0.05) is 11.8 Å². The predicted molar refractivity (Wildman–Crippen MR) is 107 cm³/mol. The number of amides is 1. The fourth-order valence-electron chi connectivity index (χ4n) is 2.45. The van der Waals surface area contributed by atoms with E-state index in [1.807, 2.05) is 6.07 Å². The van der Waals surface area contributed by atoms with Gasteiger partial charge in [0.25, 0.3) is 0 Å². The first-order valence-corrected chi connectivity index (χ1v) is 9.30. The van der Waals surface area contributed by atoms with Gasteiger partial charge in [0.05, 0.1) is 25.0 Å². The third-order valence-electron chi connectivity index (χ3n) is 3.95. The van der Waals surface area contributed by atoms with Crippen LogP contribution in [0.25, 0.3) is 0 Å². The van der Waals surface area contributed by atoms with E-state index in [-0.39, 0.29) is 17.3 Å². The van der Waals surface area contributed by atoms with Gasteiger partial charge < -0.3 is 14.8 Å². The molecule has 1 atom stereocenters. The highest BCUT2D eigenvalue weighted by Crippen LogP contribution is 2.29. The van der Waals surface area contributed by atoms with Crippen molar-refractivity contribution in [2.24, 2.45) is 0 Å². The van der Waals surface area contributed by atoms with Crippen LogP contribution in [-0.2, 0) is 4.79 Å². The second-order valence-corrected chi connectivity index (χ2v) is 7.32. The molecule has 0 fully saturated rings. The van der Waals surface area contributed by atoms with E-state index < -0.39 is 5.25 Å². The highest BCUT2D eigenvalue weighted by Gasteiger charge is 2.20. The number of hydrogen-bond donors (Lipinski definition) is 1. The lowest BCUT2D eigenvalue weighted by Gasteiger charge is -2.14. The summed E-state index contributed by atoms with van der Waals surface area (Å²) in [5.41, 5.74) is 1.73. The van der Waals surface area contributed by atoms with Crippen molar-refractivity contribution in [3.05, 3.63) is 41.1 Å². The zero-order valence-corrected chi connectivity index (χ0v) is 17.1. The number of Topliss-reactive ketones (excluding diaryl/α,β-unsaturated/α-hetero) is 1. The Morgan fingerprint density at radius 2 is 1.79 bits per heavy atom. The van der Waals surface area contributed by atoms with Crippen molar-refractivity contribution in [3.63, 3.8) is 0 Å². The van der Waals surface area contributed by atoms with Crippen molar-refractivity contribution in [1.29, 1.82) is 5.26 Å². The molecule has 1 heterocycles. The van der Waals surface area contributed by atoms with E-state index in [1.165, 1.54) is 27.2 Å². The topological polar surface area (TPSA) is 101 Å². The first-order chi connectivity index (χ1) is 13.3. The molecule has 146 valence electrons. The van der Waals surface area contributed by atoms with Crippen LogP contribution in [0.4, 0.5) is 5.69 Å². The van der Waals surface area contributed by atoms with E-state index in [2.05, 4.69) is 10.3 Å². The zero-order chi connectivity index (χ0) is 20.8. The Balaban J connectivity index is 2.20. The predicted octanol–water partition coefficient (Wildman–Crippen LogP) is 3.60. The van der Waals surface area contributed by atoms with Crippen LogP contribution in [0.15, 0.2) is 29.3 Å². The Labute approximate surface area is 168 Å². The molecule has 0 saturated carbocycles. The second-order valence-electron chi connectivity index (χ2n) is 5.99. The van der Waals surface area contributed by atoms with Crippen LogP contribution in [0.1, 0.15) is 35.5 Å². The average molecular weight is 399 g/mol. The van der Waals surface area contributed by atoms with Gasteiger partial charge in [-0.25, -0.2) is 4.98 Å². The number of benzene rings is 1. The number of ketones is 1. The molecule has 1 unspecified atom stereocenters. The largest absolute Gasteiger partial charge is 0.497 e. The number of nitrogens with one attached hydrogen (secondary N) is 1.